The summed E-state index contributed by atoms with van der Waals surface area (Å²) in [5.74, 6) is 0.293. The van der Waals surface area contributed by atoms with Gasteiger partial charge in [-0.3, -0.25) is 9.20 Å². The molecule has 1 atom stereocenters. The minimum Gasteiger partial charge on any atom is -0.355 e. The van der Waals surface area contributed by atoms with Crippen LogP contribution in [0.2, 0.25) is 5.02 Å². The molecule has 1 N–H and O–H groups in total. The van der Waals surface area contributed by atoms with Crippen molar-refractivity contribution in [1.29, 1.82) is 0 Å². The molecule has 0 fully saturated rings. The maximum Gasteiger partial charge on any atom is 0.226 e. The number of nitrogens with zero attached hydrogens (tertiary/aromatic N) is 2. The lowest BCUT2D eigenvalue weighted by atomic mass is 10.0. The third-order valence-corrected chi connectivity index (χ3v) is 5.88. The van der Waals surface area contributed by atoms with Gasteiger partial charge in [-0.2, -0.15) is 0 Å². The van der Waals surface area contributed by atoms with E-state index < -0.39 is 0 Å². The summed E-state index contributed by atoms with van der Waals surface area (Å²) in [4.78, 5) is 18.0. The highest BCUT2D eigenvalue weighted by Gasteiger charge is 2.13. The zero-order valence-electron chi connectivity index (χ0n) is 15.8. The molecule has 1 unspecified atom stereocenters. The van der Waals surface area contributed by atoms with Crippen LogP contribution in [0.3, 0.4) is 0 Å². The van der Waals surface area contributed by atoms with E-state index in [4.69, 9.17) is 11.6 Å². The number of imidazole rings is 1. The molecule has 0 saturated carbocycles. The summed E-state index contributed by atoms with van der Waals surface area (Å²) in [6.45, 7) is 2.74. The first-order valence-corrected chi connectivity index (χ1v) is 10.4. The average Bonchev–Trinajstić information content (AvgIpc) is 3.29. The fourth-order valence-corrected chi connectivity index (χ4v) is 4.11. The third-order valence-electron chi connectivity index (χ3n) is 4.74. The zero-order chi connectivity index (χ0) is 19.5. The fourth-order valence-electron chi connectivity index (χ4n) is 3.11. The molecule has 4 nitrogen and oxygen atoms in total. The Morgan fingerprint density at radius 2 is 1.90 bits per heavy atom. The largest absolute Gasteiger partial charge is 0.355 e. The molecule has 2 aromatic heterocycles. The van der Waals surface area contributed by atoms with Crippen molar-refractivity contribution in [3.63, 3.8) is 0 Å². The predicted octanol–water partition coefficient (Wildman–Crippen LogP) is 5.60. The second-order valence-electron chi connectivity index (χ2n) is 6.81. The molecule has 7 heteroatoms. The highest BCUT2D eigenvalue weighted by atomic mass is 35.5. The lowest BCUT2D eigenvalue weighted by molar-refractivity contribution is -0.120. The Balaban J connectivity index is 0.00000240. The van der Waals surface area contributed by atoms with Crippen LogP contribution >= 0.6 is 35.3 Å². The van der Waals surface area contributed by atoms with Crippen LogP contribution in [0, 0.1) is 0 Å². The van der Waals surface area contributed by atoms with Crippen LogP contribution in [0.15, 0.2) is 66.2 Å². The maximum atomic E-state index is 12.4. The normalized spacial score (nSPS) is 11.8. The van der Waals surface area contributed by atoms with Crippen LogP contribution < -0.4 is 5.32 Å². The first-order valence-electron chi connectivity index (χ1n) is 9.13. The number of carbonyl (C=O) groups excluding carboxylic acids is 1. The summed E-state index contributed by atoms with van der Waals surface area (Å²) >= 11 is 7.50. The van der Waals surface area contributed by atoms with E-state index in [1.807, 2.05) is 58.4 Å². The molecule has 0 aliphatic carbocycles. The monoisotopic (exact) mass is 445 g/mol. The lowest BCUT2D eigenvalue weighted by Crippen LogP contribution is -2.29. The van der Waals surface area contributed by atoms with Gasteiger partial charge in [-0.25, -0.2) is 4.98 Å². The van der Waals surface area contributed by atoms with Gasteiger partial charge < -0.3 is 5.32 Å². The molecule has 4 aromatic rings. The molecule has 1 amide bonds. The Bertz CT molecular complexity index is 1090. The number of fused-ring (bicyclic) bond motifs is 1. The van der Waals surface area contributed by atoms with Crippen molar-refractivity contribution in [1.82, 2.24) is 14.7 Å². The van der Waals surface area contributed by atoms with Crippen LogP contribution in [-0.4, -0.2) is 21.8 Å². The summed E-state index contributed by atoms with van der Waals surface area (Å²) in [6.07, 6.45) is 2.31. The molecule has 2 heterocycles. The summed E-state index contributed by atoms with van der Waals surface area (Å²) in [6, 6.07) is 17.8. The van der Waals surface area contributed by atoms with Crippen LogP contribution in [0.1, 0.15) is 24.1 Å². The minimum atomic E-state index is 0. The predicted molar refractivity (Wildman–Crippen MR) is 122 cm³/mol. The molecule has 0 bridgehead atoms. The van der Waals surface area contributed by atoms with Gasteiger partial charge in [0.15, 0.2) is 4.96 Å². The number of carbonyl (C=O) groups is 1. The van der Waals surface area contributed by atoms with Crippen molar-refractivity contribution in [2.75, 3.05) is 6.54 Å². The Kier molecular flexibility index (Phi) is 6.96. The number of hydrogen-bond acceptors (Lipinski definition) is 3. The maximum absolute atomic E-state index is 12.4. The number of thiazole rings is 1. The minimum absolute atomic E-state index is 0. The number of rotatable bonds is 6. The molecule has 0 saturated heterocycles. The van der Waals surface area contributed by atoms with Gasteiger partial charge in [0.1, 0.15) is 0 Å². The van der Waals surface area contributed by atoms with Gasteiger partial charge in [0.05, 0.1) is 12.1 Å². The quantitative estimate of drug-likeness (QED) is 0.419. The molecule has 4 rings (SSSR count). The highest BCUT2D eigenvalue weighted by Crippen LogP contribution is 2.25. The molecule has 150 valence electrons. The van der Waals surface area contributed by atoms with Gasteiger partial charge in [0, 0.05) is 34.4 Å². The van der Waals surface area contributed by atoms with E-state index in [1.54, 1.807) is 11.3 Å². The Morgan fingerprint density at radius 3 is 2.62 bits per heavy atom. The van der Waals surface area contributed by atoms with Gasteiger partial charge in [0.2, 0.25) is 5.91 Å². The number of nitrogens with one attached hydrogen (secondary N) is 1. The Morgan fingerprint density at radius 1 is 1.17 bits per heavy atom. The van der Waals surface area contributed by atoms with Crippen molar-refractivity contribution >= 4 is 46.2 Å². The highest BCUT2D eigenvalue weighted by molar-refractivity contribution is 7.15. The molecule has 29 heavy (non-hydrogen) atoms. The van der Waals surface area contributed by atoms with E-state index in [0.717, 1.165) is 21.9 Å². The molecule has 0 aliphatic heterocycles. The van der Waals surface area contributed by atoms with Gasteiger partial charge in [-0.15, -0.1) is 23.7 Å². The number of hydrogen-bond donors (Lipinski definition) is 1. The van der Waals surface area contributed by atoms with E-state index >= 15 is 0 Å². The fraction of sp³-hybridized carbons (Fsp3) is 0.182. The van der Waals surface area contributed by atoms with Crippen LogP contribution in [0.25, 0.3) is 16.2 Å². The van der Waals surface area contributed by atoms with E-state index in [0.29, 0.717) is 18.0 Å². The number of aromatic nitrogens is 2. The van der Waals surface area contributed by atoms with Gasteiger partial charge in [0.25, 0.3) is 0 Å². The number of halogens is 2. The third kappa shape index (κ3) is 4.99. The molecular formula is C22H21Cl2N3OS. The Labute approximate surface area is 185 Å². The second kappa shape index (κ2) is 9.44. The molecule has 0 spiro atoms. The van der Waals surface area contributed by atoms with Crippen LogP contribution in [0.4, 0.5) is 0 Å². The van der Waals surface area contributed by atoms with Crippen molar-refractivity contribution in [3.8, 4) is 11.3 Å². The summed E-state index contributed by atoms with van der Waals surface area (Å²) < 4.78 is 1.99. The van der Waals surface area contributed by atoms with E-state index in [1.165, 1.54) is 5.56 Å². The molecule has 0 aliphatic rings. The summed E-state index contributed by atoms with van der Waals surface area (Å²) in [7, 11) is 0. The smallest absolute Gasteiger partial charge is 0.226 e. The molecular weight excluding hydrogens is 425 g/mol. The van der Waals surface area contributed by atoms with Gasteiger partial charge in [-0.05, 0) is 23.6 Å². The van der Waals surface area contributed by atoms with Crippen LogP contribution in [-0.2, 0) is 11.2 Å². The summed E-state index contributed by atoms with van der Waals surface area (Å²) in [5, 5.41) is 5.74. The molecule has 2 aromatic carbocycles. The van der Waals surface area contributed by atoms with E-state index in [9.17, 15) is 4.79 Å². The average molecular weight is 446 g/mol. The van der Waals surface area contributed by atoms with Gasteiger partial charge in [-0.1, -0.05) is 61.0 Å². The summed E-state index contributed by atoms with van der Waals surface area (Å²) in [5.41, 5.74) is 4.05. The topological polar surface area (TPSA) is 46.4 Å². The zero-order valence-corrected chi connectivity index (χ0v) is 18.2. The standard InChI is InChI=1S/C22H20ClN3OS.ClH/c1-15(16-5-3-2-4-6-16)12-24-21(27)11-19-14-28-22-25-20(13-26(19)22)17-7-9-18(23)10-8-17;/h2-10,13-15H,11-12H2,1H3,(H,24,27);1H. The van der Waals surface area contributed by atoms with Crippen molar-refractivity contribution in [3.05, 3.63) is 82.5 Å². The number of benzene rings is 2. The first kappa shape index (κ1) is 21.4. The Hall–Kier alpha value is -2.34. The van der Waals surface area contributed by atoms with E-state index in [2.05, 4.69) is 29.4 Å². The van der Waals surface area contributed by atoms with Crippen molar-refractivity contribution in [2.45, 2.75) is 19.3 Å². The second-order valence-corrected chi connectivity index (χ2v) is 8.08. The number of amides is 1. The SMILES string of the molecule is CC(CNC(=O)Cc1csc2nc(-c3ccc(Cl)cc3)cn12)c1ccccc1.Cl. The molecule has 0 radical (unpaired) electrons. The lowest BCUT2D eigenvalue weighted by Gasteiger charge is -2.12. The van der Waals surface area contributed by atoms with Crippen molar-refractivity contribution < 1.29 is 4.79 Å². The van der Waals surface area contributed by atoms with E-state index in [-0.39, 0.29) is 24.2 Å². The van der Waals surface area contributed by atoms with Gasteiger partial charge >= 0.3 is 0 Å². The first-order chi connectivity index (χ1) is 13.6. The van der Waals surface area contributed by atoms with Crippen LogP contribution in [0.5, 0.6) is 0 Å². The van der Waals surface area contributed by atoms with Crippen molar-refractivity contribution in [2.24, 2.45) is 0 Å².